The van der Waals surface area contributed by atoms with Gasteiger partial charge in [-0.3, -0.25) is 4.79 Å². The van der Waals surface area contributed by atoms with Gasteiger partial charge in [-0.25, -0.2) is 19.4 Å². The number of aliphatic imine (C=N–C) groups is 1. The summed E-state index contributed by atoms with van der Waals surface area (Å²) >= 11 is 1.45. The fourth-order valence-electron chi connectivity index (χ4n) is 3.56. The van der Waals surface area contributed by atoms with Gasteiger partial charge >= 0.3 is 0 Å². The normalized spacial score (nSPS) is 27.0. The van der Waals surface area contributed by atoms with Crippen molar-refractivity contribution in [1.82, 2.24) is 9.97 Å². The van der Waals surface area contributed by atoms with Crippen LogP contribution in [0.15, 0.2) is 41.8 Å². The lowest BCUT2D eigenvalue weighted by atomic mass is 9.79. The Labute approximate surface area is 159 Å². The van der Waals surface area contributed by atoms with Crippen molar-refractivity contribution in [2.75, 3.05) is 17.7 Å². The standard InChI is InChI=1S/C18H18FN5O2S/c1-10-13-7-27-17(20)24-18(13,8-26-10)12-6-11(2-3-14(12)19)23-16(25)15-4-5-21-9-22-15/h2-6,9-10,13H,7-8H2,1H3,(H2,20,24)(H,23,25)/t10-,13-,18-/m1/s1. The third-order valence-corrected chi connectivity index (χ3v) is 5.88. The molecule has 2 aliphatic rings. The molecule has 1 aromatic carbocycles. The maximum absolute atomic E-state index is 14.8. The van der Waals surface area contributed by atoms with Gasteiger partial charge in [0.05, 0.1) is 12.7 Å². The van der Waals surface area contributed by atoms with E-state index in [9.17, 15) is 9.18 Å². The van der Waals surface area contributed by atoms with Crippen molar-refractivity contribution in [3.8, 4) is 0 Å². The van der Waals surface area contributed by atoms with E-state index in [0.717, 1.165) is 0 Å². The molecule has 3 heterocycles. The summed E-state index contributed by atoms with van der Waals surface area (Å²) in [5, 5.41) is 3.16. The van der Waals surface area contributed by atoms with Gasteiger partial charge in [-0.05, 0) is 31.2 Å². The summed E-state index contributed by atoms with van der Waals surface area (Å²) in [5.41, 5.74) is 6.13. The fraction of sp³-hybridized carbons (Fsp3) is 0.333. The van der Waals surface area contributed by atoms with Crippen molar-refractivity contribution in [1.29, 1.82) is 0 Å². The predicted molar refractivity (Wildman–Crippen MR) is 101 cm³/mol. The third-order valence-electron chi connectivity index (χ3n) is 4.97. The van der Waals surface area contributed by atoms with Crippen molar-refractivity contribution in [2.24, 2.45) is 16.6 Å². The van der Waals surface area contributed by atoms with Gasteiger partial charge in [-0.1, -0.05) is 11.8 Å². The number of amides is 1. The second kappa shape index (κ2) is 6.90. The Morgan fingerprint density at radius 1 is 1.44 bits per heavy atom. The van der Waals surface area contributed by atoms with Gasteiger partial charge in [0, 0.05) is 29.1 Å². The first kappa shape index (κ1) is 17.9. The highest BCUT2D eigenvalue weighted by Crippen LogP contribution is 2.48. The highest BCUT2D eigenvalue weighted by Gasteiger charge is 2.52. The first-order valence-electron chi connectivity index (χ1n) is 8.47. The van der Waals surface area contributed by atoms with Crippen molar-refractivity contribution in [3.63, 3.8) is 0 Å². The molecule has 3 N–H and O–H groups in total. The summed E-state index contributed by atoms with van der Waals surface area (Å²) in [5.74, 6) is -0.103. The van der Waals surface area contributed by atoms with E-state index in [0.29, 0.717) is 22.2 Å². The van der Waals surface area contributed by atoms with E-state index in [1.165, 1.54) is 42.5 Å². The van der Waals surface area contributed by atoms with E-state index in [2.05, 4.69) is 20.3 Å². The van der Waals surface area contributed by atoms with Crippen molar-refractivity contribution in [3.05, 3.63) is 53.9 Å². The number of anilines is 1. The minimum absolute atomic E-state index is 0.00267. The van der Waals surface area contributed by atoms with Crippen LogP contribution in [0.25, 0.3) is 0 Å². The third kappa shape index (κ3) is 3.17. The molecular formula is C18H18FN5O2S. The largest absolute Gasteiger partial charge is 0.379 e. The number of thioether (sulfide) groups is 1. The molecule has 0 unspecified atom stereocenters. The molecule has 4 rings (SSSR count). The summed E-state index contributed by atoms with van der Waals surface area (Å²) in [6.45, 7) is 2.21. The Balaban J connectivity index is 1.70. The van der Waals surface area contributed by atoms with Crippen LogP contribution in [-0.4, -0.2) is 39.5 Å². The Hall–Kier alpha value is -2.52. The van der Waals surface area contributed by atoms with Gasteiger partial charge in [-0.2, -0.15) is 0 Å². The lowest BCUT2D eigenvalue weighted by Crippen LogP contribution is -2.41. The van der Waals surface area contributed by atoms with E-state index in [4.69, 9.17) is 10.5 Å². The number of hydrogen-bond donors (Lipinski definition) is 2. The van der Waals surface area contributed by atoms with E-state index in [1.807, 2.05) is 6.92 Å². The molecule has 27 heavy (non-hydrogen) atoms. The highest BCUT2D eigenvalue weighted by molar-refractivity contribution is 8.13. The second-order valence-corrected chi connectivity index (χ2v) is 7.59. The van der Waals surface area contributed by atoms with Gasteiger partial charge in [0.15, 0.2) is 5.17 Å². The molecule has 1 aromatic heterocycles. The van der Waals surface area contributed by atoms with Crippen LogP contribution >= 0.6 is 11.8 Å². The van der Waals surface area contributed by atoms with Gasteiger partial charge in [0.1, 0.15) is 23.4 Å². The number of fused-ring (bicyclic) bond motifs is 1. The van der Waals surface area contributed by atoms with Crippen LogP contribution in [0.3, 0.4) is 0 Å². The first-order valence-corrected chi connectivity index (χ1v) is 9.45. The Morgan fingerprint density at radius 3 is 3.07 bits per heavy atom. The first-order chi connectivity index (χ1) is 13.0. The highest BCUT2D eigenvalue weighted by atomic mass is 32.2. The topological polar surface area (TPSA) is 102 Å². The van der Waals surface area contributed by atoms with Crippen LogP contribution in [0, 0.1) is 11.7 Å². The Kier molecular flexibility index (Phi) is 4.56. The summed E-state index contributed by atoms with van der Waals surface area (Å²) in [6.07, 6.45) is 2.71. The van der Waals surface area contributed by atoms with Crippen molar-refractivity contribution < 1.29 is 13.9 Å². The molecule has 0 spiro atoms. The number of benzene rings is 1. The zero-order chi connectivity index (χ0) is 19.0. The maximum atomic E-state index is 14.8. The van der Waals surface area contributed by atoms with Crippen LogP contribution in [0.2, 0.25) is 0 Å². The quantitative estimate of drug-likeness (QED) is 0.837. The van der Waals surface area contributed by atoms with E-state index >= 15 is 0 Å². The summed E-state index contributed by atoms with van der Waals surface area (Å²) in [7, 11) is 0. The number of hydrogen-bond acceptors (Lipinski definition) is 7. The Bertz CT molecular complexity index is 910. The van der Waals surface area contributed by atoms with Crippen LogP contribution < -0.4 is 11.1 Å². The molecule has 0 aliphatic carbocycles. The summed E-state index contributed by atoms with van der Waals surface area (Å²) in [4.78, 5) is 24.6. The minimum atomic E-state index is -0.880. The second-order valence-electron chi connectivity index (χ2n) is 6.55. The van der Waals surface area contributed by atoms with E-state index < -0.39 is 17.3 Å². The molecule has 1 amide bonds. The van der Waals surface area contributed by atoms with Gasteiger partial charge in [0.25, 0.3) is 5.91 Å². The van der Waals surface area contributed by atoms with Crippen LogP contribution in [0.1, 0.15) is 23.0 Å². The number of amidine groups is 1. The number of ether oxygens (including phenoxy) is 1. The molecule has 2 aromatic rings. The molecule has 7 nitrogen and oxygen atoms in total. The SMILES string of the molecule is C[C@H]1OC[C@]2(c3cc(NC(=O)c4ccncn4)ccc3F)N=C(N)SC[C@H]12. The number of aromatic nitrogens is 2. The molecule has 0 bridgehead atoms. The van der Waals surface area contributed by atoms with Gasteiger partial charge in [0.2, 0.25) is 0 Å². The zero-order valence-electron chi connectivity index (χ0n) is 14.6. The van der Waals surface area contributed by atoms with Crippen LogP contribution in [0.5, 0.6) is 0 Å². The number of nitrogens with one attached hydrogen (secondary N) is 1. The van der Waals surface area contributed by atoms with Crippen molar-refractivity contribution >= 4 is 28.5 Å². The zero-order valence-corrected chi connectivity index (χ0v) is 15.4. The molecule has 9 heteroatoms. The number of nitrogens with two attached hydrogens (primary N) is 1. The van der Waals surface area contributed by atoms with E-state index in [1.54, 1.807) is 6.07 Å². The predicted octanol–water partition coefficient (Wildman–Crippen LogP) is 2.16. The average Bonchev–Trinajstić information content (AvgIpc) is 3.00. The number of carbonyl (C=O) groups excluding carboxylic acids is 1. The lowest BCUT2D eigenvalue weighted by molar-refractivity contribution is 0.102. The molecule has 3 atom stereocenters. The molecule has 140 valence electrons. The average molecular weight is 387 g/mol. The van der Waals surface area contributed by atoms with Gasteiger partial charge in [-0.15, -0.1) is 0 Å². The molecule has 2 aliphatic heterocycles. The molecule has 0 radical (unpaired) electrons. The molecule has 0 saturated carbocycles. The Morgan fingerprint density at radius 2 is 2.30 bits per heavy atom. The number of halogens is 1. The minimum Gasteiger partial charge on any atom is -0.379 e. The fourth-order valence-corrected chi connectivity index (χ4v) is 4.68. The molecule has 1 fully saturated rings. The smallest absolute Gasteiger partial charge is 0.274 e. The summed E-state index contributed by atoms with van der Waals surface area (Å²) in [6, 6.07) is 5.94. The lowest BCUT2D eigenvalue weighted by Gasteiger charge is -2.35. The molecular weight excluding hydrogens is 369 g/mol. The number of carbonyl (C=O) groups is 1. The van der Waals surface area contributed by atoms with Crippen LogP contribution in [0.4, 0.5) is 10.1 Å². The summed E-state index contributed by atoms with van der Waals surface area (Å²) < 4.78 is 20.6. The van der Waals surface area contributed by atoms with E-state index in [-0.39, 0.29) is 24.3 Å². The number of nitrogens with zero attached hydrogens (tertiary/aromatic N) is 3. The van der Waals surface area contributed by atoms with Gasteiger partial charge < -0.3 is 15.8 Å². The van der Waals surface area contributed by atoms with Crippen molar-refractivity contribution in [2.45, 2.75) is 18.6 Å². The monoisotopic (exact) mass is 387 g/mol. The molecule has 1 saturated heterocycles. The van der Waals surface area contributed by atoms with Crippen LogP contribution in [-0.2, 0) is 10.3 Å². The number of rotatable bonds is 3. The maximum Gasteiger partial charge on any atom is 0.274 e.